The van der Waals surface area contributed by atoms with E-state index in [0.717, 1.165) is 17.5 Å². The zero-order valence-corrected chi connectivity index (χ0v) is 13.0. The summed E-state index contributed by atoms with van der Waals surface area (Å²) in [6, 6.07) is 0. The molecule has 2 atom stereocenters. The summed E-state index contributed by atoms with van der Waals surface area (Å²) in [5, 5.41) is 0. The minimum absolute atomic E-state index is 0.158. The smallest absolute Gasteiger partial charge is 0.0830 e. The van der Waals surface area contributed by atoms with Crippen molar-refractivity contribution in [3.05, 3.63) is 0 Å². The molecule has 1 saturated carbocycles. The predicted molar refractivity (Wildman–Crippen MR) is 76.3 cm³/mol. The summed E-state index contributed by atoms with van der Waals surface area (Å²) in [4.78, 5) is 0. The highest BCUT2D eigenvalue weighted by Gasteiger charge is 2.34. The highest BCUT2D eigenvalue weighted by Crippen LogP contribution is 2.35. The Kier molecular flexibility index (Phi) is 6.59. The lowest BCUT2D eigenvalue weighted by molar-refractivity contribution is -0.0856. The zero-order chi connectivity index (χ0) is 12.0. The molecular formula is C13H25IO2. The van der Waals surface area contributed by atoms with Crippen molar-refractivity contribution in [3.8, 4) is 0 Å². The fraction of sp³-hybridized carbons (Fsp3) is 1.00. The first kappa shape index (κ1) is 14.7. The summed E-state index contributed by atoms with van der Waals surface area (Å²) in [6.45, 7) is 5.21. The van der Waals surface area contributed by atoms with E-state index in [0.29, 0.717) is 5.92 Å². The summed E-state index contributed by atoms with van der Waals surface area (Å²) >= 11 is 2.46. The second kappa shape index (κ2) is 7.17. The van der Waals surface area contributed by atoms with Crippen LogP contribution >= 0.6 is 22.6 Å². The topological polar surface area (TPSA) is 18.5 Å². The van der Waals surface area contributed by atoms with Crippen LogP contribution in [0.2, 0.25) is 0 Å². The standard InChI is InChI=1S/C13H25IO2/c1-4-11(2)12(15-3)9-16-13(10-14)7-5-6-8-13/h11-12H,4-10H2,1-3H3. The molecule has 0 aliphatic heterocycles. The Hall–Kier alpha value is 0.650. The largest absolute Gasteiger partial charge is 0.379 e. The van der Waals surface area contributed by atoms with Gasteiger partial charge in [-0.3, -0.25) is 0 Å². The number of halogens is 1. The van der Waals surface area contributed by atoms with Gasteiger partial charge in [-0.25, -0.2) is 0 Å². The number of methoxy groups -OCH3 is 1. The van der Waals surface area contributed by atoms with Crippen LogP contribution in [0.25, 0.3) is 0 Å². The molecule has 0 aromatic heterocycles. The second-order valence-corrected chi connectivity index (χ2v) is 5.76. The van der Waals surface area contributed by atoms with Gasteiger partial charge in [-0.1, -0.05) is 55.7 Å². The molecule has 1 rings (SSSR count). The molecule has 16 heavy (non-hydrogen) atoms. The van der Waals surface area contributed by atoms with Crippen molar-refractivity contribution in [3.63, 3.8) is 0 Å². The maximum atomic E-state index is 6.18. The molecular weight excluding hydrogens is 315 g/mol. The van der Waals surface area contributed by atoms with Crippen molar-refractivity contribution >= 4 is 22.6 Å². The lowest BCUT2D eigenvalue weighted by atomic mass is 10.0. The molecule has 2 nitrogen and oxygen atoms in total. The summed E-state index contributed by atoms with van der Waals surface area (Å²) in [5.74, 6) is 0.581. The highest BCUT2D eigenvalue weighted by molar-refractivity contribution is 14.1. The Morgan fingerprint density at radius 2 is 1.94 bits per heavy atom. The second-order valence-electron chi connectivity index (χ2n) is 4.99. The summed E-state index contributed by atoms with van der Waals surface area (Å²) < 4.78 is 12.8. The van der Waals surface area contributed by atoms with Crippen molar-refractivity contribution in [2.45, 2.75) is 57.7 Å². The van der Waals surface area contributed by atoms with Gasteiger partial charge in [0, 0.05) is 11.5 Å². The van der Waals surface area contributed by atoms with Gasteiger partial charge in [0.2, 0.25) is 0 Å². The minimum Gasteiger partial charge on any atom is -0.379 e. The normalized spacial score (nSPS) is 23.2. The van der Waals surface area contributed by atoms with Gasteiger partial charge in [0.05, 0.1) is 18.3 Å². The Labute approximate surface area is 114 Å². The van der Waals surface area contributed by atoms with Crippen molar-refractivity contribution in [1.29, 1.82) is 0 Å². The lowest BCUT2D eigenvalue weighted by Gasteiger charge is -2.31. The molecule has 3 heteroatoms. The summed E-state index contributed by atoms with van der Waals surface area (Å²) in [7, 11) is 1.80. The molecule has 0 spiro atoms. The van der Waals surface area contributed by atoms with Crippen molar-refractivity contribution in [2.75, 3.05) is 18.1 Å². The molecule has 0 bridgehead atoms. The Bertz CT molecular complexity index is 190. The summed E-state index contributed by atoms with van der Waals surface area (Å²) in [5.41, 5.74) is 0.158. The van der Waals surface area contributed by atoms with Crippen LogP contribution in [0, 0.1) is 5.92 Å². The van der Waals surface area contributed by atoms with E-state index in [1.54, 1.807) is 7.11 Å². The monoisotopic (exact) mass is 340 g/mol. The Balaban J connectivity index is 2.41. The molecule has 0 aromatic rings. The fourth-order valence-corrected chi connectivity index (χ4v) is 3.31. The first-order valence-corrected chi connectivity index (χ1v) is 7.92. The van der Waals surface area contributed by atoms with Gasteiger partial charge < -0.3 is 9.47 Å². The first-order chi connectivity index (χ1) is 7.67. The SMILES string of the molecule is CCC(C)C(COC1(CI)CCCC1)OC. The van der Waals surface area contributed by atoms with Crippen LogP contribution < -0.4 is 0 Å². The van der Waals surface area contributed by atoms with Crippen LogP contribution in [-0.4, -0.2) is 29.8 Å². The van der Waals surface area contributed by atoms with Gasteiger partial charge in [-0.15, -0.1) is 0 Å². The van der Waals surface area contributed by atoms with Crippen LogP contribution in [0.4, 0.5) is 0 Å². The maximum Gasteiger partial charge on any atom is 0.0830 e. The molecule has 1 fully saturated rings. The Morgan fingerprint density at radius 1 is 1.31 bits per heavy atom. The van der Waals surface area contributed by atoms with Crippen molar-refractivity contribution in [1.82, 2.24) is 0 Å². The number of hydrogen-bond donors (Lipinski definition) is 0. The maximum absolute atomic E-state index is 6.18. The first-order valence-electron chi connectivity index (χ1n) is 6.40. The molecule has 0 saturated heterocycles. The van der Waals surface area contributed by atoms with E-state index in [-0.39, 0.29) is 11.7 Å². The quantitative estimate of drug-likeness (QED) is 0.518. The third-order valence-electron chi connectivity index (χ3n) is 3.89. The van der Waals surface area contributed by atoms with E-state index in [1.807, 2.05) is 0 Å². The van der Waals surface area contributed by atoms with Crippen LogP contribution in [0.3, 0.4) is 0 Å². The van der Waals surface area contributed by atoms with Crippen LogP contribution in [0.5, 0.6) is 0 Å². The number of alkyl halides is 1. The third-order valence-corrected chi connectivity index (χ3v) is 5.28. The molecule has 1 aliphatic carbocycles. The molecule has 0 N–H and O–H groups in total. The highest BCUT2D eigenvalue weighted by atomic mass is 127. The number of rotatable bonds is 7. The Morgan fingerprint density at radius 3 is 2.38 bits per heavy atom. The molecule has 0 heterocycles. The number of hydrogen-bond acceptors (Lipinski definition) is 2. The van der Waals surface area contributed by atoms with Crippen molar-refractivity contribution in [2.24, 2.45) is 5.92 Å². The van der Waals surface area contributed by atoms with E-state index in [4.69, 9.17) is 9.47 Å². The van der Waals surface area contributed by atoms with Gasteiger partial charge in [0.1, 0.15) is 0 Å². The predicted octanol–water partition coefficient (Wildman–Crippen LogP) is 3.81. The van der Waals surface area contributed by atoms with E-state index < -0.39 is 0 Å². The van der Waals surface area contributed by atoms with Gasteiger partial charge in [-0.05, 0) is 18.8 Å². The van der Waals surface area contributed by atoms with E-state index in [2.05, 4.69) is 36.4 Å². The van der Waals surface area contributed by atoms with Gasteiger partial charge in [0.25, 0.3) is 0 Å². The molecule has 96 valence electrons. The van der Waals surface area contributed by atoms with E-state index in [9.17, 15) is 0 Å². The molecule has 0 amide bonds. The van der Waals surface area contributed by atoms with Crippen molar-refractivity contribution < 1.29 is 9.47 Å². The van der Waals surface area contributed by atoms with Gasteiger partial charge in [-0.2, -0.15) is 0 Å². The molecule has 1 aliphatic rings. The van der Waals surface area contributed by atoms with E-state index in [1.165, 1.54) is 25.7 Å². The van der Waals surface area contributed by atoms with Crippen LogP contribution in [0.15, 0.2) is 0 Å². The van der Waals surface area contributed by atoms with Crippen LogP contribution in [-0.2, 0) is 9.47 Å². The average molecular weight is 340 g/mol. The van der Waals surface area contributed by atoms with E-state index >= 15 is 0 Å². The molecule has 0 aromatic carbocycles. The lowest BCUT2D eigenvalue weighted by Crippen LogP contribution is -2.36. The van der Waals surface area contributed by atoms with Gasteiger partial charge >= 0.3 is 0 Å². The van der Waals surface area contributed by atoms with Gasteiger partial charge in [0.15, 0.2) is 0 Å². The molecule has 2 unspecified atom stereocenters. The average Bonchev–Trinajstić information content (AvgIpc) is 2.79. The third kappa shape index (κ3) is 3.84. The summed E-state index contributed by atoms with van der Waals surface area (Å²) in [6.07, 6.45) is 6.51. The minimum atomic E-state index is 0.158. The van der Waals surface area contributed by atoms with Crippen LogP contribution in [0.1, 0.15) is 46.0 Å². The molecule has 0 radical (unpaired) electrons. The zero-order valence-electron chi connectivity index (χ0n) is 10.8. The number of ether oxygens (including phenoxy) is 2. The fourth-order valence-electron chi connectivity index (χ4n) is 2.32.